The highest BCUT2D eigenvalue weighted by Crippen LogP contribution is 2.38. The summed E-state index contributed by atoms with van der Waals surface area (Å²) in [7, 11) is 6.31. The number of hydrogen-bond acceptors (Lipinski definition) is 3. The Morgan fingerprint density at radius 1 is 1.11 bits per heavy atom. The van der Waals surface area contributed by atoms with Crippen LogP contribution in [-0.2, 0) is 0 Å². The maximum Gasteiger partial charge on any atom is 0.108 e. The molecule has 0 bridgehead atoms. The molecule has 0 aliphatic heterocycles. The highest BCUT2D eigenvalue weighted by Gasteiger charge is 2.23. The fourth-order valence-corrected chi connectivity index (χ4v) is 4.05. The number of nitrogens with two attached hydrogens (primary N) is 3. The molecule has 0 saturated heterocycles. The van der Waals surface area contributed by atoms with Crippen molar-refractivity contribution in [2.75, 3.05) is 6.54 Å². The van der Waals surface area contributed by atoms with Gasteiger partial charge in [0.1, 0.15) is 7.85 Å². The highest BCUT2D eigenvalue weighted by atomic mass is 14.6. The molecule has 6 N–H and O–H groups in total. The molecule has 2 aromatic rings. The van der Waals surface area contributed by atoms with Crippen molar-refractivity contribution in [3.05, 3.63) is 56.0 Å². The monoisotopic (exact) mass is 357 g/mol. The fraction of sp³-hybridized carbons (Fsp3) is 0.304. The molecular weight excluding hydrogens is 329 g/mol. The van der Waals surface area contributed by atoms with Gasteiger partial charge in [-0.25, -0.2) is 0 Å². The van der Waals surface area contributed by atoms with Gasteiger partial charge in [0.25, 0.3) is 0 Å². The Labute approximate surface area is 162 Å². The molecule has 1 unspecified atom stereocenters. The van der Waals surface area contributed by atoms with Crippen LogP contribution >= 0.6 is 0 Å². The first kappa shape index (κ1) is 19.3. The minimum Gasteiger partial charge on any atom is -0.402 e. The van der Waals surface area contributed by atoms with Gasteiger partial charge >= 0.3 is 0 Å². The summed E-state index contributed by atoms with van der Waals surface area (Å²) in [5, 5.41) is 4.60. The summed E-state index contributed by atoms with van der Waals surface area (Å²) in [5.41, 5.74) is 26.5. The molecule has 1 aliphatic rings. The minimum atomic E-state index is 0.157. The number of allylic oxidation sites excluding steroid dienone is 2. The molecular formula is C23H28BN3. The van der Waals surface area contributed by atoms with Crippen molar-refractivity contribution in [2.45, 2.75) is 40.5 Å². The molecule has 0 saturated carbocycles. The van der Waals surface area contributed by atoms with E-state index in [0.717, 1.165) is 44.0 Å². The van der Waals surface area contributed by atoms with E-state index < -0.39 is 0 Å². The molecule has 2 radical (unpaired) electrons. The van der Waals surface area contributed by atoms with E-state index in [9.17, 15) is 0 Å². The second-order valence-electron chi connectivity index (χ2n) is 7.73. The molecule has 0 fully saturated rings. The first-order chi connectivity index (χ1) is 12.7. The van der Waals surface area contributed by atoms with Gasteiger partial charge in [0.2, 0.25) is 0 Å². The van der Waals surface area contributed by atoms with Crippen LogP contribution in [0.5, 0.6) is 0 Å². The molecule has 27 heavy (non-hydrogen) atoms. The third-order valence-electron chi connectivity index (χ3n) is 5.64. The van der Waals surface area contributed by atoms with Gasteiger partial charge < -0.3 is 17.2 Å². The van der Waals surface area contributed by atoms with Crippen LogP contribution in [-0.4, -0.2) is 14.4 Å². The Hall–Kier alpha value is -2.46. The quantitative estimate of drug-likeness (QED) is 0.722. The van der Waals surface area contributed by atoms with Gasteiger partial charge in [0.05, 0.1) is 0 Å². The number of rotatable bonds is 2. The fourth-order valence-electron chi connectivity index (χ4n) is 4.05. The predicted molar refractivity (Wildman–Crippen MR) is 119 cm³/mol. The lowest BCUT2D eigenvalue weighted by molar-refractivity contribution is 0.981. The SMILES string of the molecule is [B]C1=Cc2c(c3c/c(=C(\C)CN)c(/C=C(\C)N)c(C)c3c/c2=C(\C)N)C1C. The average molecular weight is 357 g/mol. The van der Waals surface area contributed by atoms with Crippen molar-refractivity contribution in [2.24, 2.45) is 17.2 Å². The second kappa shape index (κ2) is 6.93. The van der Waals surface area contributed by atoms with Gasteiger partial charge in [-0.15, -0.1) is 5.47 Å². The molecule has 0 amide bonds. The van der Waals surface area contributed by atoms with Gasteiger partial charge in [0, 0.05) is 23.2 Å². The summed E-state index contributed by atoms with van der Waals surface area (Å²) in [6, 6.07) is 4.43. The largest absolute Gasteiger partial charge is 0.402 e. The molecule has 0 aromatic heterocycles. The van der Waals surface area contributed by atoms with Crippen LogP contribution < -0.4 is 27.6 Å². The standard InChI is InChI=1S/C23H28BN3/c1-11(10-25)16-7-20-18(13(3)17(16)6-12(2)26)8-19(15(5)27)21-9-22(24)14(4)23(20)21/h6-9,14H,10,25-27H2,1-5H3/b12-6+,16-11-,19-15-. The molecule has 3 nitrogen and oxygen atoms in total. The summed E-state index contributed by atoms with van der Waals surface area (Å²) in [4.78, 5) is 0. The molecule has 1 atom stereocenters. The van der Waals surface area contributed by atoms with E-state index in [1.807, 2.05) is 19.9 Å². The van der Waals surface area contributed by atoms with Crippen LogP contribution in [0.1, 0.15) is 55.9 Å². The van der Waals surface area contributed by atoms with E-state index in [-0.39, 0.29) is 5.92 Å². The minimum absolute atomic E-state index is 0.157. The first-order valence-electron chi connectivity index (χ1n) is 9.34. The first-order valence-corrected chi connectivity index (χ1v) is 9.34. The third-order valence-corrected chi connectivity index (χ3v) is 5.64. The van der Waals surface area contributed by atoms with E-state index in [1.54, 1.807) is 0 Å². The predicted octanol–water partition coefficient (Wildman–Crippen LogP) is 2.31. The van der Waals surface area contributed by atoms with Crippen LogP contribution in [0.25, 0.3) is 34.2 Å². The lowest BCUT2D eigenvalue weighted by atomic mass is 9.82. The van der Waals surface area contributed by atoms with Crippen molar-refractivity contribution >= 4 is 42.0 Å². The summed E-state index contributed by atoms with van der Waals surface area (Å²) in [6.07, 6.45) is 4.10. The Morgan fingerprint density at radius 3 is 2.30 bits per heavy atom. The van der Waals surface area contributed by atoms with Crippen molar-refractivity contribution in [3.63, 3.8) is 0 Å². The van der Waals surface area contributed by atoms with E-state index in [0.29, 0.717) is 6.54 Å². The van der Waals surface area contributed by atoms with E-state index >= 15 is 0 Å². The smallest absolute Gasteiger partial charge is 0.108 e. The lowest BCUT2D eigenvalue weighted by Crippen LogP contribution is -2.20. The molecule has 1 aliphatic carbocycles. The maximum atomic E-state index is 6.31. The normalized spacial score (nSPS) is 19.1. The van der Waals surface area contributed by atoms with Crippen LogP contribution in [0.4, 0.5) is 0 Å². The summed E-state index contributed by atoms with van der Waals surface area (Å²) < 4.78 is 0. The van der Waals surface area contributed by atoms with Gasteiger partial charge in [-0.05, 0) is 90.1 Å². The summed E-state index contributed by atoms with van der Waals surface area (Å²) >= 11 is 0. The van der Waals surface area contributed by atoms with Crippen molar-refractivity contribution < 1.29 is 0 Å². The van der Waals surface area contributed by atoms with E-state index in [1.165, 1.54) is 21.9 Å². The average Bonchev–Trinajstić information content (AvgIpc) is 2.90. The zero-order valence-corrected chi connectivity index (χ0v) is 16.9. The van der Waals surface area contributed by atoms with Crippen molar-refractivity contribution in [3.8, 4) is 0 Å². The number of fused-ring (bicyclic) bond motifs is 3. The third kappa shape index (κ3) is 3.08. The Balaban J connectivity index is 2.64. The molecule has 2 aromatic carbocycles. The van der Waals surface area contributed by atoms with Gasteiger partial charge in [0.15, 0.2) is 0 Å². The molecule has 3 rings (SSSR count). The number of benzene rings is 2. The molecule has 0 spiro atoms. The van der Waals surface area contributed by atoms with Crippen LogP contribution in [0.2, 0.25) is 0 Å². The van der Waals surface area contributed by atoms with Gasteiger partial charge in [-0.1, -0.05) is 18.6 Å². The zero-order valence-electron chi connectivity index (χ0n) is 16.9. The topological polar surface area (TPSA) is 78.1 Å². The Kier molecular flexibility index (Phi) is 4.96. The number of hydrogen-bond donors (Lipinski definition) is 3. The Morgan fingerprint density at radius 2 is 1.74 bits per heavy atom. The molecule has 0 heterocycles. The lowest BCUT2D eigenvalue weighted by Gasteiger charge is -2.18. The Bertz CT molecular complexity index is 1130. The molecule has 138 valence electrons. The summed E-state index contributed by atoms with van der Waals surface area (Å²) in [6.45, 7) is 10.7. The number of aryl methyl sites for hydroxylation is 1. The van der Waals surface area contributed by atoms with E-state index in [4.69, 9.17) is 25.0 Å². The second-order valence-corrected chi connectivity index (χ2v) is 7.73. The molecule has 4 heteroatoms. The van der Waals surface area contributed by atoms with Gasteiger partial charge in [-0.3, -0.25) is 0 Å². The zero-order chi connectivity index (χ0) is 20.0. The summed E-state index contributed by atoms with van der Waals surface area (Å²) in [5.74, 6) is 0.157. The van der Waals surface area contributed by atoms with Crippen LogP contribution in [0.15, 0.2) is 23.3 Å². The van der Waals surface area contributed by atoms with Crippen molar-refractivity contribution in [1.82, 2.24) is 0 Å². The van der Waals surface area contributed by atoms with Crippen LogP contribution in [0.3, 0.4) is 0 Å². The van der Waals surface area contributed by atoms with Gasteiger partial charge in [-0.2, -0.15) is 0 Å². The maximum absolute atomic E-state index is 6.31. The van der Waals surface area contributed by atoms with Crippen molar-refractivity contribution in [1.29, 1.82) is 0 Å². The highest BCUT2D eigenvalue weighted by molar-refractivity contribution is 6.26. The van der Waals surface area contributed by atoms with E-state index in [2.05, 4.69) is 39.0 Å². The van der Waals surface area contributed by atoms with Crippen LogP contribution in [0, 0.1) is 6.92 Å².